The Labute approximate surface area is 189 Å². The van der Waals surface area contributed by atoms with Crippen LogP contribution >= 0.6 is 0 Å². The first-order valence-electron chi connectivity index (χ1n) is 10.4. The predicted molar refractivity (Wildman–Crippen MR) is 125 cm³/mol. The van der Waals surface area contributed by atoms with Crippen molar-refractivity contribution in [3.63, 3.8) is 0 Å². The molecule has 0 radical (unpaired) electrons. The zero-order valence-electron chi connectivity index (χ0n) is 18.7. The van der Waals surface area contributed by atoms with Gasteiger partial charge in [-0.1, -0.05) is 75.1 Å². The zero-order valence-corrected chi connectivity index (χ0v) is 18.7. The van der Waals surface area contributed by atoms with Gasteiger partial charge in [-0.05, 0) is 23.1 Å². The number of nitrogens with two attached hydrogens (primary N) is 1. The molecule has 2 aromatic rings. The smallest absolute Gasteiger partial charge is 0.309 e. The van der Waals surface area contributed by atoms with Gasteiger partial charge >= 0.3 is 5.97 Å². The molecule has 0 atom stereocenters. The van der Waals surface area contributed by atoms with Crippen molar-refractivity contribution >= 4 is 11.8 Å². The summed E-state index contributed by atoms with van der Waals surface area (Å²) in [7, 11) is 0. The predicted octanol–water partition coefficient (Wildman–Crippen LogP) is 4.98. The van der Waals surface area contributed by atoms with E-state index in [1.807, 2.05) is 19.9 Å². The highest BCUT2D eigenvalue weighted by Crippen LogP contribution is 2.11. The monoisotopic (exact) mass is 438 g/mol. The summed E-state index contributed by atoms with van der Waals surface area (Å²) in [6.45, 7) is 8.48. The lowest BCUT2D eigenvalue weighted by Crippen LogP contribution is -2.08. The normalized spacial score (nSPS) is 10.8. The lowest BCUT2D eigenvalue weighted by Gasteiger charge is -2.04. The fraction of sp³-hybridized carbons (Fsp3) is 0.269. The topological polar surface area (TPSA) is 82.3 Å². The van der Waals surface area contributed by atoms with Crippen LogP contribution in [0.2, 0.25) is 0 Å². The number of halogens is 1. The fourth-order valence-corrected chi connectivity index (χ4v) is 2.35. The Balaban J connectivity index is 0.000000333. The number of nitrogens with zero attached hydrogens (tertiary/aromatic N) is 1. The number of rotatable bonds is 10. The summed E-state index contributed by atoms with van der Waals surface area (Å²) >= 11 is 0. The number of ketones is 1. The van der Waals surface area contributed by atoms with E-state index in [1.54, 1.807) is 48.6 Å². The lowest BCUT2D eigenvalue weighted by atomic mass is 10.0. The molecule has 0 aliphatic heterocycles. The van der Waals surface area contributed by atoms with Crippen LogP contribution in [-0.4, -0.2) is 23.3 Å². The van der Waals surface area contributed by atoms with Crippen molar-refractivity contribution in [1.29, 1.82) is 0 Å². The number of esters is 1. The highest BCUT2D eigenvalue weighted by molar-refractivity contribution is 5.97. The largest absolute Gasteiger partial charge is 0.465 e. The Kier molecular flexibility index (Phi) is 12.8. The first kappa shape index (κ1) is 26.7. The molecule has 0 saturated carbocycles. The molecule has 2 N–H and O–H groups in total. The van der Waals surface area contributed by atoms with Crippen molar-refractivity contribution < 1.29 is 18.7 Å². The molecule has 2 rings (SSSR count). The van der Waals surface area contributed by atoms with Gasteiger partial charge in [-0.2, -0.15) is 0 Å². The van der Waals surface area contributed by atoms with Gasteiger partial charge in [-0.15, -0.1) is 0 Å². The number of allylic oxidation sites excluding steroid dienone is 4. The maximum Gasteiger partial charge on any atom is 0.309 e. The quantitative estimate of drug-likeness (QED) is 0.321. The number of hydrogen-bond donors (Lipinski definition) is 1. The molecule has 0 fully saturated rings. The molecule has 6 heteroatoms. The van der Waals surface area contributed by atoms with Crippen molar-refractivity contribution in [2.24, 2.45) is 11.7 Å². The molecule has 1 aromatic heterocycles. The van der Waals surface area contributed by atoms with E-state index in [9.17, 15) is 14.0 Å². The molecule has 32 heavy (non-hydrogen) atoms. The molecular formula is C26H31FN2O3. The van der Waals surface area contributed by atoms with Crippen LogP contribution in [0, 0.1) is 11.7 Å². The van der Waals surface area contributed by atoms with Gasteiger partial charge in [-0.3, -0.25) is 14.6 Å². The number of Topliss-reactive ketones (excluding diaryl/α,β-unsaturated/α-hetero) is 1. The first-order chi connectivity index (χ1) is 15.4. The third-order valence-electron chi connectivity index (χ3n) is 4.08. The standard InChI is InChI=1S/C14H13FN2O.C12H18O2/c15-13-9-17-6-5-12(13)7-14(18)11-3-1-10(8-16)2-4-11;1-4-5-6-7-8-9-12(13)14-10-11(2)3/h1-6,9H,7-8,16H2;4-8,11H,1,9-10H2,2-3H3/b;6-5-,8-7+. The first-order valence-corrected chi connectivity index (χ1v) is 10.4. The van der Waals surface area contributed by atoms with E-state index >= 15 is 0 Å². The van der Waals surface area contributed by atoms with Crippen LogP contribution < -0.4 is 5.73 Å². The van der Waals surface area contributed by atoms with Crippen LogP contribution in [0.15, 0.2) is 79.7 Å². The third kappa shape index (κ3) is 11.1. The number of carbonyl (C=O) groups is 2. The van der Waals surface area contributed by atoms with Crippen molar-refractivity contribution in [1.82, 2.24) is 4.98 Å². The van der Waals surface area contributed by atoms with Crippen molar-refractivity contribution in [3.8, 4) is 0 Å². The molecule has 0 bridgehead atoms. The Morgan fingerprint density at radius 3 is 2.47 bits per heavy atom. The summed E-state index contributed by atoms with van der Waals surface area (Å²) in [5.41, 5.74) is 7.36. The Morgan fingerprint density at radius 1 is 1.16 bits per heavy atom. The van der Waals surface area contributed by atoms with E-state index in [2.05, 4.69) is 11.6 Å². The van der Waals surface area contributed by atoms with Crippen LogP contribution in [-0.2, 0) is 22.5 Å². The van der Waals surface area contributed by atoms with Gasteiger partial charge in [0.1, 0.15) is 5.82 Å². The minimum Gasteiger partial charge on any atom is -0.465 e. The van der Waals surface area contributed by atoms with Gasteiger partial charge in [0.2, 0.25) is 0 Å². The molecule has 0 saturated heterocycles. The maximum atomic E-state index is 13.4. The average molecular weight is 439 g/mol. The summed E-state index contributed by atoms with van der Waals surface area (Å²) in [5.74, 6) is -0.362. The van der Waals surface area contributed by atoms with E-state index in [4.69, 9.17) is 10.5 Å². The average Bonchev–Trinajstić information content (AvgIpc) is 2.79. The molecule has 0 unspecified atom stereocenters. The molecular weight excluding hydrogens is 407 g/mol. The van der Waals surface area contributed by atoms with E-state index in [0.717, 1.165) is 11.8 Å². The Bertz CT molecular complexity index is 919. The molecule has 0 aliphatic rings. The summed E-state index contributed by atoms with van der Waals surface area (Å²) in [5, 5.41) is 0. The summed E-state index contributed by atoms with van der Waals surface area (Å²) in [6, 6.07) is 8.54. The zero-order chi connectivity index (χ0) is 23.8. The fourth-order valence-electron chi connectivity index (χ4n) is 2.35. The minimum atomic E-state index is -0.454. The highest BCUT2D eigenvalue weighted by Gasteiger charge is 2.10. The van der Waals surface area contributed by atoms with Crippen molar-refractivity contribution in [2.45, 2.75) is 33.2 Å². The van der Waals surface area contributed by atoms with E-state index < -0.39 is 5.82 Å². The van der Waals surface area contributed by atoms with E-state index in [0.29, 0.717) is 36.6 Å². The van der Waals surface area contributed by atoms with Crippen molar-refractivity contribution in [3.05, 3.63) is 102 Å². The number of hydrogen-bond acceptors (Lipinski definition) is 5. The third-order valence-corrected chi connectivity index (χ3v) is 4.08. The van der Waals surface area contributed by atoms with Gasteiger partial charge in [0.25, 0.3) is 0 Å². The van der Waals surface area contributed by atoms with Crippen LogP contribution in [0.4, 0.5) is 4.39 Å². The van der Waals surface area contributed by atoms with Gasteiger partial charge in [0.05, 0.1) is 19.2 Å². The molecule has 5 nitrogen and oxygen atoms in total. The lowest BCUT2D eigenvalue weighted by molar-refractivity contribution is -0.143. The minimum absolute atomic E-state index is 0.0380. The second-order valence-corrected chi connectivity index (χ2v) is 7.30. The Hall–Kier alpha value is -3.38. The van der Waals surface area contributed by atoms with Gasteiger partial charge in [-0.25, -0.2) is 4.39 Å². The molecule has 1 aromatic carbocycles. The van der Waals surface area contributed by atoms with E-state index in [1.165, 1.54) is 12.3 Å². The van der Waals surface area contributed by atoms with Gasteiger partial charge in [0, 0.05) is 24.7 Å². The summed E-state index contributed by atoms with van der Waals surface area (Å²) in [4.78, 5) is 26.7. The van der Waals surface area contributed by atoms with Crippen LogP contribution in [0.1, 0.15) is 41.8 Å². The SMILES string of the molecule is C=C/C=C\C=C\CC(=O)OCC(C)C.NCc1ccc(C(=O)Cc2ccncc2F)cc1. The number of aromatic nitrogens is 1. The molecule has 0 amide bonds. The van der Waals surface area contributed by atoms with Crippen LogP contribution in [0.25, 0.3) is 0 Å². The van der Waals surface area contributed by atoms with Crippen LogP contribution in [0.3, 0.4) is 0 Å². The molecule has 1 heterocycles. The van der Waals surface area contributed by atoms with Crippen LogP contribution in [0.5, 0.6) is 0 Å². The van der Waals surface area contributed by atoms with E-state index in [-0.39, 0.29) is 18.2 Å². The van der Waals surface area contributed by atoms with Gasteiger partial charge in [0.15, 0.2) is 5.78 Å². The summed E-state index contributed by atoms with van der Waals surface area (Å²) < 4.78 is 18.3. The Morgan fingerprint density at radius 2 is 1.88 bits per heavy atom. The molecule has 170 valence electrons. The number of pyridine rings is 1. The highest BCUT2D eigenvalue weighted by atomic mass is 19.1. The second-order valence-electron chi connectivity index (χ2n) is 7.30. The number of ether oxygens (including phenoxy) is 1. The molecule has 0 spiro atoms. The summed E-state index contributed by atoms with van der Waals surface area (Å²) in [6.07, 6.45) is 11.8. The van der Waals surface area contributed by atoms with Crippen molar-refractivity contribution in [2.75, 3.05) is 6.61 Å². The number of benzene rings is 1. The second kappa shape index (κ2) is 15.4. The molecule has 0 aliphatic carbocycles. The maximum absolute atomic E-state index is 13.4. The number of carbonyl (C=O) groups excluding carboxylic acids is 2. The van der Waals surface area contributed by atoms with Gasteiger partial charge < -0.3 is 10.5 Å².